The first kappa shape index (κ1) is 7.88. The molecule has 0 bridgehead atoms. The quantitative estimate of drug-likeness (QED) is 0.633. The average Bonchev–Trinajstić information content (AvgIpc) is 2.04. The molecule has 0 aliphatic heterocycles. The number of ketones is 1. The molecule has 58 valence electrons. The standard InChI is InChI=1S/C8H10N2O/c1-6(11)7-3-2-4-10-8(7)5-9/h2-4H,5,9H2,1H3. The van der Waals surface area contributed by atoms with Crippen LogP contribution in [0, 0.1) is 0 Å². The summed E-state index contributed by atoms with van der Waals surface area (Å²) in [6.45, 7) is 1.83. The Morgan fingerprint density at radius 2 is 2.45 bits per heavy atom. The molecule has 0 atom stereocenters. The molecule has 0 radical (unpaired) electrons. The Hall–Kier alpha value is -1.22. The Morgan fingerprint density at radius 1 is 1.73 bits per heavy atom. The predicted molar refractivity (Wildman–Crippen MR) is 42.1 cm³/mol. The number of nitrogens with two attached hydrogens (primary N) is 1. The van der Waals surface area contributed by atoms with Gasteiger partial charge in [0.05, 0.1) is 5.69 Å². The van der Waals surface area contributed by atoms with Crippen LogP contribution in [0.4, 0.5) is 0 Å². The molecule has 0 aliphatic carbocycles. The van der Waals surface area contributed by atoms with Crippen molar-refractivity contribution in [2.24, 2.45) is 5.73 Å². The van der Waals surface area contributed by atoms with Gasteiger partial charge in [0, 0.05) is 18.3 Å². The predicted octanol–water partition coefficient (Wildman–Crippen LogP) is 0.743. The van der Waals surface area contributed by atoms with Crippen LogP contribution in [0.15, 0.2) is 18.3 Å². The molecule has 0 saturated heterocycles. The summed E-state index contributed by atoms with van der Waals surface area (Å²) in [5.74, 6) is 0.0125. The number of Topliss-reactive ketones (excluding diaryl/α,β-unsaturated/α-hetero) is 1. The summed E-state index contributed by atoms with van der Waals surface area (Å²) < 4.78 is 0. The highest BCUT2D eigenvalue weighted by atomic mass is 16.1. The number of carbonyl (C=O) groups is 1. The summed E-state index contributed by atoms with van der Waals surface area (Å²) in [7, 11) is 0. The minimum Gasteiger partial charge on any atom is -0.325 e. The van der Waals surface area contributed by atoms with Crippen molar-refractivity contribution in [1.82, 2.24) is 4.98 Å². The second kappa shape index (κ2) is 3.25. The fraction of sp³-hybridized carbons (Fsp3) is 0.250. The minimum atomic E-state index is 0.0125. The molecule has 1 aromatic rings. The maximum absolute atomic E-state index is 10.9. The van der Waals surface area contributed by atoms with E-state index in [1.54, 1.807) is 18.3 Å². The Balaban J connectivity index is 3.12. The first-order valence-corrected chi connectivity index (χ1v) is 3.40. The normalized spacial score (nSPS) is 9.64. The second-order valence-corrected chi connectivity index (χ2v) is 2.26. The zero-order valence-corrected chi connectivity index (χ0v) is 6.37. The molecule has 0 aliphatic rings. The number of rotatable bonds is 2. The lowest BCUT2D eigenvalue weighted by atomic mass is 10.1. The molecule has 3 nitrogen and oxygen atoms in total. The van der Waals surface area contributed by atoms with E-state index in [9.17, 15) is 4.79 Å². The van der Waals surface area contributed by atoms with Gasteiger partial charge in [-0.3, -0.25) is 9.78 Å². The van der Waals surface area contributed by atoms with E-state index >= 15 is 0 Å². The van der Waals surface area contributed by atoms with Gasteiger partial charge in [-0.2, -0.15) is 0 Å². The first-order chi connectivity index (χ1) is 5.25. The maximum Gasteiger partial charge on any atom is 0.161 e. The summed E-state index contributed by atoms with van der Waals surface area (Å²) >= 11 is 0. The Labute approximate surface area is 65.2 Å². The Morgan fingerprint density at radius 3 is 2.91 bits per heavy atom. The van der Waals surface area contributed by atoms with Crippen molar-refractivity contribution in [2.45, 2.75) is 13.5 Å². The third kappa shape index (κ3) is 1.62. The zero-order valence-electron chi connectivity index (χ0n) is 6.37. The van der Waals surface area contributed by atoms with Crippen molar-refractivity contribution in [3.05, 3.63) is 29.6 Å². The van der Waals surface area contributed by atoms with Gasteiger partial charge < -0.3 is 5.73 Å². The average molecular weight is 150 g/mol. The molecular formula is C8H10N2O. The van der Waals surface area contributed by atoms with Crippen molar-refractivity contribution < 1.29 is 4.79 Å². The molecule has 0 unspecified atom stereocenters. The van der Waals surface area contributed by atoms with Crippen LogP contribution in [-0.2, 0) is 6.54 Å². The van der Waals surface area contributed by atoms with Gasteiger partial charge in [-0.05, 0) is 19.1 Å². The van der Waals surface area contributed by atoms with Crippen molar-refractivity contribution in [3.8, 4) is 0 Å². The lowest BCUT2D eigenvalue weighted by Crippen LogP contribution is -2.06. The lowest BCUT2D eigenvalue weighted by molar-refractivity contribution is 0.101. The van der Waals surface area contributed by atoms with Gasteiger partial charge in [0.15, 0.2) is 5.78 Å². The highest BCUT2D eigenvalue weighted by Crippen LogP contribution is 2.04. The van der Waals surface area contributed by atoms with Crippen molar-refractivity contribution in [1.29, 1.82) is 0 Å². The van der Waals surface area contributed by atoms with Crippen LogP contribution < -0.4 is 5.73 Å². The van der Waals surface area contributed by atoms with E-state index in [-0.39, 0.29) is 5.78 Å². The molecule has 0 aromatic carbocycles. The van der Waals surface area contributed by atoms with Crippen molar-refractivity contribution in [3.63, 3.8) is 0 Å². The molecule has 3 heteroatoms. The van der Waals surface area contributed by atoms with Crippen LogP contribution in [-0.4, -0.2) is 10.8 Å². The molecule has 1 rings (SSSR count). The van der Waals surface area contributed by atoms with E-state index in [1.807, 2.05) is 0 Å². The maximum atomic E-state index is 10.9. The molecule has 11 heavy (non-hydrogen) atoms. The SMILES string of the molecule is CC(=O)c1cccnc1CN. The fourth-order valence-electron chi connectivity index (χ4n) is 0.921. The third-order valence-electron chi connectivity index (χ3n) is 1.46. The van der Waals surface area contributed by atoms with E-state index in [0.29, 0.717) is 17.8 Å². The van der Waals surface area contributed by atoms with Crippen molar-refractivity contribution in [2.75, 3.05) is 0 Å². The van der Waals surface area contributed by atoms with Crippen LogP contribution in [0.2, 0.25) is 0 Å². The number of hydrogen-bond acceptors (Lipinski definition) is 3. The third-order valence-corrected chi connectivity index (χ3v) is 1.46. The van der Waals surface area contributed by atoms with Crippen LogP contribution in [0.5, 0.6) is 0 Å². The molecular weight excluding hydrogens is 140 g/mol. The Bertz CT molecular complexity index is 271. The highest BCUT2D eigenvalue weighted by molar-refractivity contribution is 5.95. The fourth-order valence-corrected chi connectivity index (χ4v) is 0.921. The van der Waals surface area contributed by atoms with E-state index in [1.165, 1.54) is 6.92 Å². The molecule has 0 amide bonds. The van der Waals surface area contributed by atoms with Gasteiger partial charge in [-0.25, -0.2) is 0 Å². The smallest absolute Gasteiger partial charge is 0.161 e. The van der Waals surface area contributed by atoms with Gasteiger partial charge in [0.25, 0.3) is 0 Å². The zero-order chi connectivity index (χ0) is 8.27. The van der Waals surface area contributed by atoms with E-state index in [2.05, 4.69) is 4.98 Å². The molecule has 0 spiro atoms. The van der Waals surface area contributed by atoms with Gasteiger partial charge in [-0.15, -0.1) is 0 Å². The number of pyridine rings is 1. The van der Waals surface area contributed by atoms with Crippen LogP contribution in [0.25, 0.3) is 0 Å². The number of hydrogen-bond donors (Lipinski definition) is 1. The number of carbonyl (C=O) groups excluding carboxylic acids is 1. The van der Waals surface area contributed by atoms with Gasteiger partial charge >= 0.3 is 0 Å². The van der Waals surface area contributed by atoms with Crippen LogP contribution >= 0.6 is 0 Å². The van der Waals surface area contributed by atoms with Crippen LogP contribution in [0.1, 0.15) is 23.0 Å². The lowest BCUT2D eigenvalue weighted by Gasteiger charge is -2.00. The van der Waals surface area contributed by atoms with E-state index in [4.69, 9.17) is 5.73 Å². The van der Waals surface area contributed by atoms with E-state index in [0.717, 1.165) is 0 Å². The summed E-state index contributed by atoms with van der Waals surface area (Å²) in [6, 6.07) is 3.47. The van der Waals surface area contributed by atoms with Gasteiger partial charge in [-0.1, -0.05) is 0 Å². The topological polar surface area (TPSA) is 56.0 Å². The molecule has 2 N–H and O–H groups in total. The van der Waals surface area contributed by atoms with E-state index < -0.39 is 0 Å². The number of nitrogens with zero attached hydrogens (tertiary/aromatic N) is 1. The molecule has 0 fully saturated rings. The largest absolute Gasteiger partial charge is 0.325 e. The first-order valence-electron chi connectivity index (χ1n) is 3.40. The summed E-state index contributed by atoms with van der Waals surface area (Å²) in [4.78, 5) is 14.9. The van der Waals surface area contributed by atoms with Gasteiger partial charge in [0.2, 0.25) is 0 Å². The molecule has 1 aromatic heterocycles. The summed E-state index contributed by atoms with van der Waals surface area (Å²) in [6.07, 6.45) is 1.63. The highest BCUT2D eigenvalue weighted by Gasteiger charge is 2.04. The van der Waals surface area contributed by atoms with Crippen LogP contribution in [0.3, 0.4) is 0 Å². The second-order valence-electron chi connectivity index (χ2n) is 2.26. The number of aromatic nitrogens is 1. The van der Waals surface area contributed by atoms with Gasteiger partial charge in [0.1, 0.15) is 0 Å². The molecule has 0 saturated carbocycles. The van der Waals surface area contributed by atoms with Crippen molar-refractivity contribution >= 4 is 5.78 Å². The molecule has 1 heterocycles. The minimum absolute atomic E-state index is 0.0125. The summed E-state index contributed by atoms with van der Waals surface area (Å²) in [5.41, 5.74) is 6.66. The Kier molecular flexibility index (Phi) is 2.33. The monoisotopic (exact) mass is 150 g/mol. The summed E-state index contributed by atoms with van der Waals surface area (Å²) in [5, 5.41) is 0.